The van der Waals surface area contributed by atoms with E-state index in [9.17, 15) is 8.42 Å². The van der Waals surface area contributed by atoms with Gasteiger partial charge >= 0.3 is 0 Å². The van der Waals surface area contributed by atoms with Crippen LogP contribution in [-0.2, 0) is 16.6 Å². The van der Waals surface area contributed by atoms with Gasteiger partial charge in [0, 0.05) is 38.9 Å². The zero-order valence-corrected chi connectivity index (χ0v) is 20.2. The third-order valence-electron chi connectivity index (χ3n) is 5.95. The van der Waals surface area contributed by atoms with Crippen molar-refractivity contribution in [1.82, 2.24) is 19.9 Å². The Bertz CT molecular complexity index is 1410. The fourth-order valence-corrected chi connectivity index (χ4v) is 4.94. The number of nitrogens with one attached hydrogen (secondary N) is 2. The highest BCUT2D eigenvalue weighted by atomic mass is 32.2. The number of aromatic nitrogens is 3. The van der Waals surface area contributed by atoms with E-state index in [0.717, 1.165) is 37.6 Å². The van der Waals surface area contributed by atoms with Crippen LogP contribution in [0.1, 0.15) is 5.56 Å². The standard InChI is InChI=1S/C25H27N7O2S/c1-31-13-15-32(16-14-31)23-12-11-19(17-26-23)18-27-24-25(29-22-10-6-5-9-21(22)28-24)30-35(33,34)20-7-3-2-4-8-20/h2-12,17H,13-16,18H2,1H3,(H,27,28)(H,29,30). The molecule has 180 valence electrons. The summed E-state index contributed by atoms with van der Waals surface area (Å²) in [5, 5.41) is 3.24. The van der Waals surface area contributed by atoms with Crippen LogP contribution < -0.4 is 14.9 Å². The first-order valence-electron chi connectivity index (χ1n) is 11.4. The molecule has 1 aliphatic rings. The normalized spacial score (nSPS) is 14.7. The minimum atomic E-state index is -3.82. The molecule has 1 saturated heterocycles. The fraction of sp³-hybridized carbons (Fsp3) is 0.240. The van der Waals surface area contributed by atoms with Gasteiger partial charge in [0.25, 0.3) is 10.0 Å². The molecule has 2 aromatic carbocycles. The van der Waals surface area contributed by atoms with Crippen LogP contribution in [0.3, 0.4) is 0 Å². The molecule has 4 aromatic rings. The number of hydrogen-bond donors (Lipinski definition) is 2. The zero-order valence-electron chi connectivity index (χ0n) is 19.4. The molecule has 0 saturated carbocycles. The summed E-state index contributed by atoms with van der Waals surface area (Å²) in [4.78, 5) is 18.5. The summed E-state index contributed by atoms with van der Waals surface area (Å²) >= 11 is 0. The van der Waals surface area contributed by atoms with Crippen LogP contribution in [0, 0.1) is 0 Å². The number of rotatable bonds is 7. The predicted molar refractivity (Wildman–Crippen MR) is 138 cm³/mol. The van der Waals surface area contributed by atoms with Gasteiger partial charge in [-0.05, 0) is 42.9 Å². The van der Waals surface area contributed by atoms with Crippen molar-refractivity contribution in [2.24, 2.45) is 0 Å². The molecule has 0 radical (unpaired) electrons. The van der Waals surface area contributed by atoms with Gasteiger partial charge in [-0.25, -0.2) is 23.4 Å². The third kappa shape index (κ3) is 5.33. The number of piperazine rings is 1. The lowest BCUT2D eigenvalue weighted by Crippen LogP contribution is -2.44. The Balaban J connectivity index is 1.36. The van der Waals surface area contributed by atoms with Gasteiger partial charge in [-0.2, -0.15) is 0 Å². The van der Waals surface area contributed by atoms with Gasteiger partial charge in [0.1, 0.15) is 5.82 Å². The molecule has 0 spiro atoms. The SMILES string of the molecule is CN1CCN(c2ccc(CNc3nc4ccccc4nc3NS(=O)(=O)c3ccccc3)cn2)CC1. The maximum atomic E-state index is 12.9. The largest absolute Gasteiger partial charge is 0.363 e. The number of likely N-dealkylation sites (N-methyl/N-ethyl adjacent to an activating group) is 1. The molecule has 9 nitrogen and oxygen atoms in total. The number of anilines is 3. The van der Waals surface area contributed by atoms with E-state index < -0.39 is 10.0 Å². The molecule has 2 N–H and O–H groups in total. The maximum absolute atomic E-state index is 12.9. The quantitative estimate of drug-likeness (QED) is 0.408. The van der Waals surface area contributed by atoms with Gasteiger partial charge in [-0.1, -0.05) is 36.4 Å². The van der Waals surface area contributed by atoms with Crippen molar-refractivity contribution < 1.29 is 8.42 Å². The van der Waals surface area contributed by atoms with E-state index in [1.54, 1.807) is 24.3 Å². The Hall–Kier alpha value is -3.76. The van der Waals surface area contributed by atoms with Gasteiger partial charge in [0.15, 0.2) is 11.6 Å². The number of nitrogens with zero attached hydrogens (tertiary/aromatic N) is 5. The van der Waals surface area contributed by atoms with Gasteiger partial charge < -0.3 is 15.1 Å². The van der Waals surface area contributed by atoms with E-state index in [-0.39, 0.29) is 10.7 Å². The average Bonchev–Trinajstić information content (AvgIpc) is 2.88. The minimum absolute atomic E-state index is 0.148. The molecule has 2 aromatic heterocycles. The summed E-state index contributed by atoms with van der Waals surface area (Å²) in [7, 11) is -1.69. The number of para-hydroxylation sites is 2. The van der Waals surface area contributed by atoms with Crippen LogP contribution in [0.25, 0.3) is 11.0 Å². The highest BCUT2D eigenvalue weighted by Gasteiger charge is 2.19. The van der Waals surface area contributed by atoms with Crippen molar-refractivity contribution >= 4 is 38.5 Å². The van der Waals surface area contributed by atoms with Gasteiger partial charge in [0.05, 0.1) is 15.9 Å². The third-order valence-corrected chi connectivity index (χ3v) is 7.31. The summed E-state index contributed by atoms with van der Waals surface area (Å²) < 4.78 is 28.5. The van der Waals surface area contributed by atoms with Gasteiger partial charge in [-0.15, -0.1) is 0 Å². The highest BCUT2D eigenvalue weighted by molar-refractivity contribution is 7.92. The van der Waals surface area contributed by atoms with Crippen molar-refractivity contribution in [3.05, 3.63) is 78.5 Å². The second kappa shape index (κ2) is 9.85. The summed E-state index contributed by atoms with van der Waals surface area (Å²) in [6.45, 7) is 4.38. The first-order valence-corrected chi connectivity index (χ1v) is 12.9. The van der Waals surface area contributed by atoms with Gasteiger partial charge in [-0.3, -0.25) is 4.72 Å². The molecule has 1 aliphatic heterocycles. The van der Waals surface area contributed by atoms with Crippen LogP contribution >= 0.6 is 0 Å². The lowest BCUT2D eigenvalue weighted by Gasteiger charge is -2.33. The van der Waals surface area contributed by atoms with Crippen LogP contribution in [0.2, 0.25) is 0 Å². The molecule has 0 aliphatic carbocycles. The molecular weight excluding hydrogens is 462 g/mol. The highest BCUT2D eigenvalue weighted by Crippen LogP contribution is 2.25. The smallest absolute Gasteiger partial charge is 0.263 e. The Morgan fingerprint density at radius 3 is 2.14 bits per heavy atom. The van der Waals surface area contributed by atoms with Crippen molar-refractivity contribution in [3.63, 3.8) is 0 Å². The van der Waals surface area contributed by atoms with Crippen molar-refractivity contribution in [2.45, 2.75) is 11.4 Å². The minimum Gasteiger partial charge on any atom is -0.363 e. The second-order valence-electron chi connectivity index (χ2n) is 8.50. The fourth-order valence-electron chi connectivity index (χ4n) is 3.91. The summed E-state index contributed by atoms with van der Waals surface area (Å²) in [5.41, 5.74) is 2.22. The number of pyridine rings is 1. The number of sulfonamides is 1. The van der Waals surface area contributed by atoms with E-state index in [4.69, 9.17) is 0 Å². The first kappa shape index (κ1) is 23.0. The summed E-state index contributed by atoms with van der Waals surface area (Å²) in [5.74, 6) is 1.46. The monoisotopic (exact) mass is 489 g/mol. The first-order chi connectivity index (χ1) is 17.0. The van der Waals surface area contributed by atoms with E-state index in [0.29, 0.717) is 23.4 Å². The number of hydrogen-bond acceptors (Lipinski definition) is 8. The van der Waals surface area contributed by atoms with Crippen molar-refractivity contribution in [2.75, 3.05) is 48.2 Å². The Morgan fingerprint density at radius 2 is 1.49 bits per heavy atom. The van der Waals surface area contributed by atoms with Gasteiger partial charge in [0.2, 0.25) is 0 Å². The van der Waals surface area contributed by atoms with Crippen LogP contribution in [0.5, 0.6) is 0 Å². The molecular formula is C25H27N7O2S. The Kier molecular flexibility index (Phi) is 6.47. The van der Waals surface area contributed by atoms with E-state index in [1.807, 2.05) is 36.5 Å². The van der Waals surface area contributed by atoms with Crippen molar-refractivity contribution in [3.8, 4) is 0 Å². The Morgan fingerprint density at radius 1 is 0.829 bits per heavy atom. The molecule has 0 atom stereocenters. The van der Waals surface area contributed by atoms with Crippen LogP contribution in [0.4, 0.5) is 17.5 Å². The summed E-state index contributed by atoms with van der Waals surface area (Å²) in [6.07, 6.45) is 1.84. The average molecular weight is 490 g/mol. The van der Waals surface area contributed by atoms with Crippen LogP contribution in [0.15, 0.2) is 77.8 Å². The number of fused-ring (bicyclic) bond motifs is 1. The number of benzene rings is 2. The molecule has 10 heteroatoms. The molecule has 3 heterocycles. The van der Waals surface area contributed by atoms with Crippen LogP contribution in [-0.4, -0.2) is 61.5 Å². The molecule has 1 fully saturated rings. The predicted octanol–water partition coefficient (Wildman–Crippen LogP) is 3.19. The maximum Gasteiger partial charge on any atom is 0.263 e. The lowest BCUT2D eigenvalue weighted by atomic mass is 10.2. The summed E-state index contributed by atoms with van der Waals surface area (Å²) in [6, 6.07) is 19.6. The molecule has 0 unspecified atom stereocenters. The topological polar surface area (TPSA) is 103 Å². The lowest BCUT2D eigenvalue weighted by molar-refractivity contribution is 0.312. The zero-order chi connectivity index (χ0) is 24.3. The molecule has 0 amide bonds. The molecule has 5 rings (SSSR count). The van der Waals surface area contributed by atoms with E-state index >= 15 is 0 Å². The van der Waals surface area contributed by atoms with Crippen molar-refractivity contribution in [1.29, 1.82) is 0 Å². The molecule has 35 heavy (non-hydrogen) atoms. The molecule has 0 bridgehead atoms. The second-order valence-corrected chi connectivity index (χ2v) is 10.2. The Labute approximate surface area is 204 Å². The van der Waals surface area contributed by atoms with E-state index in [2.05, 4.69) is 41.8 Å². The van der Waals surface area contributed by atoms with E-state index in [1.165, 1.54) is 12.1 Å².